The topological polar surface area (TPSA) is 97.0 Å². The number of amides is 4. The summed E-state index contributed by atoms with van der Waals surface area (Å²) in [5, 5.41) is 5.43. The lowest BCUT2D eigenvalue weighted by Gasteiger charge is -2.22. The molecule has 1 aromatic rings. The minimum absolute atomic E-state index is 0.0690. The Balaban J connectivity index is 1.54. The maximum atomic E-state index is 12.5. The molecule has 0 saturated carbocycles. The van der Waals surface area contributed by atoms with Crippen LogP contribution >= 0.6 is 0 Å². The minimum atomic E-state index is -0.848. The number of methoxy groups -OCH3 is 1. The lowest BCUT2D eigenvalue weighted by molar-refractivity contribution is -0.125. The van der Waals surface area contributed by atoms with Crippen LogP contribution in [0.4, 0.5) is 10.5 Å². The van der Waals surface area contributed by atoms with Crippen molar-refractivity contribution in [2.75, 3.05) is 31.8 Å². The van der Waals surface area contributed by atoms with Crippen LogP contribution in [-0.2, 0) is 14.3 Å². The van der Waals surface area contributed by atoms with Gasteiger partial charge in [-0.3, -0.25) is 9.59 Å². The standard InChI is InChI=1S/C18H23N3O5/c1-25-14-4-2-13(3-5-14)21-17(23)15(20-18(21)24)10-16(22)19-11-12-6-8-26-9-7-12/h2-5,12,15H,6-11H2,1H3,(H,19,22)(H,20,24)/t15-/m0/s1. The number of urea groups is 1. The Kier molecular flexibility index (Phi) is 5.72. The molecule has 3 rings (SSSR count). The third-order valence-corrected chi connectivity index (χ3v) is 4.67. The third-order valence-electron chi connectivity index (χ3n) is 4.67. The van der Waals surface area contributed by atoms with Gasteiger partial charge in [0.15, 0.2) is 0 Å². The summed E-state index contributed by atoms with van der Waals surface area (Å²) in [7, 11) is 1.54. The molecule has 26 heavy (non-hydrogen) atoms. The van der Waals surface area contributed by atoms with Crippen LogP contribution in [0.1, 0.15) is 19.3 Å². The number of imide groups is 1. The molecule has 2 fully saturated rings. The van der Waals surface area contributed by atoms with Gasteiger partial charge in [-0.2, -0.15) is 0 Å². The largest absolute Gasteiger partial charge is 0.497 e. The molecule has 0 radical (unpaired) electrons. The normalized spacial score (nSPS) is 20.8. The SMILES string of the molecule is COc1ccc(N2C(=O)N[C@@H](CC(=O)NCC3CCOCC3)C2=O)cc1. The van der Waals surface area contributed by atoms with Gasteiger partial charge >= 0.3 is 6.03 Å². The minimum Gasteiger partial charge on any atom is -0.497 e. The van der Waals surface area contributed by atoms with Gasteiger partial charge in [0.2, 0.25) is 5.91 Å². The fourth-order valence-corrected chi connectivity index (χ4v) is 3.11. The van der Waals surface area contributed by atoms with Crippen LogP contribution in [0.5, 0.6) is 5.75 Å². The van der Waals surface area contributed by atoms with Crippen LogP contribution in [0.2, 0.25) is 0 Å². The Morgan fingerprint density at radius 2 is 1.96 bits per heavy atom. The van der Waals surface area contributed by atoms with E-state index < -0.39 is 18.0 Å². The van der Waals surface area contributed by atoms with E-state index in [9.17, 15) is 14.4 Å². The highest BCUT2D eigenvalue weighted by atomic mass is 16.5. The fourth-order valence-electron chi connectivity index (χ4n) is 3.11. The molecule has 2 heterocycles. The number of hydrogen-bond donors (Lipinski definition) is 2. The smallest absolute Gasteiger partial charge is 0.329 e. The van der Waals surface area contributed by atoms with Crippen molar-refractivity contribution in [2.24, 2.45) is 5.92 Å². The first-order valence-corrected chi connectivity index (χ1v) is 8.71. The highest BCUT2D eigenvalue weighted by Gasteiger charge is 2.40. The van der Waals surface area contributed by atoms with Gasteiger partial charge in [0.25, 0.3) is 5.91 Å². The molecule has 1 atom stereocenters. The first-order valence-electron chi connectivity index (χ1n) is 8.71. The van der Waals surface area contributed by atoms with Crippen molar-refractivity contribution in [3.63, 3.8) is 0 Å². The van der Waals surface area contributed by atoms with E-state index in [1.807, 2.05) is 0 Å². The highest BCUT2D eigenvalue weighted by molar-refractivity contribution is 6.22. The van der Waals surface area contributed by atoms with Gasteiger partial charge < -0.3 is 20.1 Å². The Morgan fingerprint density at radius 1 is 1.27 bits per heavy atom. The van der Waals surface area contributed by atoms with E-state index in [0.29, 0.717) is 37.1 Å². The van der Waals surface area contributed by atoms with Crippen molar-refractivity contribution in [2.45, 2.75) is 25.3 Å². The van der Waals surface area contributed by atoms with Crippen molar-refractivity contribution < 1.29 is 23.9 Å². The van der Waals surface area contributed by atoms with Gasteiger partial charge in [-0.05, 0) is 43.0 Å². The molecule has 0 unspecified atom stereocenters. The Labute approximate surface area is 151 Å². The Bertz CT molecular complexity index is 670. The molecule has 4 amide bonds. The molecule has 8 heteroatoms. The summed E-state index contributed by atoms with van der Waals surface area (Å²) in [5.74, 6) is 0.357. The number of carbonyl (C=O) groups excluding carboxylic acids is 3. The van der Waals surface area contributed by atoms with E-state index >= 15 is 0 Å². The monoisotopic (exact) mass is 361 g/mol. The predicted octanol–water partition coefficient (Wildman–Crippen LogP) is 1.05. The summed E-state index contributed by atoms with van der Waals surface area (Å²) in [6.07, 6.45) is 1.77. The number of rotatable bonds is 6. The van der Waals surface area contributed by atoms with Gasteiger partial charge in [-0.15, -0.1) is 0 Å². The number of carbonyl (C=O) groups is 3. The number of anilines is 1. The zero-order valence-corrected chi connectivity index (χ0v) is 14.7. The quantitative estimate of drug-likeness (QED) is 0.739. The number of hydrogen-bond acceptors (Lipinski definition) is 5. The first kappa shape index (κ1) is 18.2. The zero-order valence-electron chi connectivity index (χ0n) is 14.7. The lowest BCUT2D eigenvalue weighted by atomic mass is 10.0. The summed E-state index contributed by atoms with van der Waals surface area (Å²) in [4.78, 5) is 37.9. The molecule has 0 spiro atoms. The average Bonchev–Trinajstić information content (AvgIpc) is 2.94. The summed E-state index contributed by atoms with van der Waals surface area (Å²) in [6.45, 7) is 2.00. The van der Waals surface area contributed by atoms with Crippen molar-refractivity contribution in [3.8, 4) is 5.75 Å². The Morgan fingerprint density at radius 3 is 2.62 bits per heavy atom. The van der Waals surface area contributed by atoms with Crippen LogP contribution in [0.3, 0.4) is 0 Å². The lowest BCUT2D eigenvalue weighted by Crippen LogP contribution is -2.38. The molecular weight excluding hydrogens is 338 g/mol. The maximum absolute atomic E-state index is 12.5. The van der Waals surface area contributed by atoms with E-state index in [1.54, 1.807) is 24.3 Å². The second kappa shape index (κ2) is 8.18. The molecule has 1 aromatic carbocycles. The van der Waals surface area contributed by atoms with Gasteiger partial charge in [-0.25, -0.2) is 9.69 Å². The number of ether oxygens (including phenoxy) is 2. The predicted molar refractivity (Wildman–Crippen MR) is 94.0 cm³/mol. The molecule has 8 nitrogen and oxygen atoms in total. The number of nitrogens with zero attached hydrogens (tertiary/aromatic N) is 1. The van der Waals surface area contributed by atoms with Crippen molar-refractivity contribution in [1.82, 2.24) is 10.6 Å². The molecule has 2 aliphatic heterocycles. The molecule has 140 valence electrons. The Hall–Kier alpha value is -2.61. The molecular formula is C18H23N3O5. The third kappa shape index (κ3) is 4.13. The molecule has 0 aliphatic carbocycles. The highest BCUT2D eigenvalue weighted by Crippen LogP contribution is 2.23. The van der Waals surface area contributed by atoms with Gasteiger partial charge in [0, 0.05) is 19.8 Å². The van der Waals surface area contributed by atoms with Gasteiger partial charge in [-0.1, -0.05) is 0 Å². The average molecular weight is 361 g/mol. The van der Waals surface area contributed by atoms with E-state index in [-0.39, 0.29) is 12.3 Å². The van der Waals surface area contributed by atoms with Gasteiger partial charge in [0.1, 0.15) is 11.8 Å². The van der Waals surface area contributed by atoms with Crippen molar-refractivity contribution >= 4 is 23.5 Å². The van der Waals surface area contributed by atoms with Crippen molar-refractivity contribution in [1.29, 1.82) is 0 Å². The van der Waals surface area contributed by atoms with Crippen LogP contribution in [0.25, 0.3) is 0 Å². The summed E-state index contributed by atoms with van der Waals surface area (Å²) >= 11 is 0. The van der Waals surface area contributed by atoms with Crippen LogP contribution in [-0.4, -0.2) is 50.8 Å². The van der Waals surface area contributed by atoms with Gasteiger partial charge in [0.05, 0.1) is 19.2 Å². The molecule has 0 bridgehead atoms. The van der Waals surface area contributed by atoms with Crippen molar-refractivity contribution in [3.05, 3.63) is 24.3 Å². The number of nitrogens with one attached hydrogen (secondary N) is 2. The second-order valence-corrected chi connectivity index (χ2v) is 6.44. The molecule has 0 aromatic heterocycles. The molecule has 2 N–H and O–H groups in total. The van der Waals surface area contributed by atoms with E-state index in [4.69, 9.17) is 9.47 Å². The summed E-state index contributed by atoms with van der Waals surface area (Å²) in [5.41, 5.74) is 0.443. The molecule has 2 saturated heterocycles. The first-order chi connectivity index (χ1) is 12.6. The van der Waals surface area contributed by atoms with E-state index in [2.05, 4.69) is 10.6 Å². The summed E-state index contributed by atoms with van der Waals surface area (Å²) in [6, 6.07) is 5.23. The molecule has 2 aliphatic rings. The second-order valence-electron chi connectivity index (χ2n) is 6.44. The maximum Gasteiger partial charge on any atom is 0.329 e. The van der Waals surface area contributed by atoms with E-state index in [0.717, 1.165) is 17.7 Å². The fraction of sp³-hybridized carbons (Fsp3) is 0.500. The number of benzene rings is 1. The summed E-state index contributed by atoms with van der Waals surface area (Å²) < 4.78 is 10.4. The van der Waals surface area contributed by atoms with E-state index in [1.165, 1.54) is 7.11 Å². The van der Waals surface area contributed by atoms with Crippen LogP contribution < -0.4 is 20.3 Å². The van der Waals surface area contributed by atoms with Crippen LogP contribution in [0.15, 0.2) is 24.3 Å². The zero-order chi connectivity index (χ0) is 18.5. The van der Waals surface area contributed by atoms with Crippen LogP contribution in [0, 0.1) is 5.92 Å².